The summed E-state index contributed by atoms with van der Waals surface area (Å²) in [6.07, 6.45) is -12.6. The molecule has 15 nitrogen and oxygen atoms in total. The Labute approximate surface area is 181 Å². The highest BCUT2D eigenvalue weighted by Crippen LogP contribution is 2.35. The summed E-state index contributed by atoms with van der Waals surface area (Å²) >= 11 is 0. The van der Waals surface area contributed by atoms with Gasteiger partial charge in [-0.05, 0) is 0 Å². The normalized spacial score (nSPS) is 39.5. The summed E-state index contributed by atoms with van der Waals surface area (Å²) in [5, 5.41) is 73.8. The number of aliphatic carboxylic acids is 1. The van der Waals surface area contributed by atoms with E-state index >= 15 is 0 Å². The minimum absolute atomic E-state index is 0.137. The molecule has 15 heteroatoms. The highest BCUT2D eigenvalue weighted by molar-refractivity contribution is 5.76. The number of carboxylic acids is 1. The van der Waals surface area contributed by atoms with Crippen LogP contribution in [0.1, 0.15) is 13.3 Å². The van der Waals surface area contributed by atoms with Crippen molar-refractivity contribution in [1.29, 1.82) is 0 Å². The van der Waals surface area contributed by atoms with Gasteiger partial charge in [0.05, 0.1) is 37.5 Å². The van der Waals surface area contributed by atoms with E-state index in [0.717, 1.165) is 6.92 Å². The number of carbonyl (C=O) groups is 3. The summed E-state index contributed by atoms with van der Waals surface area (Å²) in [6.45, 7) is -0.343. The van der Waals surface area contributed by atoms with E-state index in [1.807, 2.05) is 0 Å². The van der Waals surface area contributed by atoms with Gasteiger partial charge in [-0.1, -0.05) is 0 Å². The van der Waals surface area contributed by atoms with E-state index in [0.29, 0.717) is 0 Å². The topological polar surface area (TPSA) is 245 Å². The van der Waals surface area contributed by atoms with Crippen LogP contribution in [0.5, 0.6) is 0 Å². The van der Waals surface area contributed by atoms with Gasteiger partial charge in [0, 0.05) is 13.3 Å². The van der Waals surface area contributed by atoms with Crippen molar-refractivity contribution in [3.63, 3.8) is 0 Å². The van der Waals surface area contributed by atoms with Gasteiger partial charge in [0.25, 0.3) is 5.79 Å². The number of nitrogens with one attached hydrogen (secondary N) is 2. The first-order valence-corrected chi connectivity index (χ1v) is 9.66. The average molecular weight is 468 g/mol. The van der Waals surface area contributed by atoms with Crippen molar-refractivity contribution in [2.45, 2.75) is 74.1 Å². The van der Waals surface area contributed by atoms with E-state index in [9.17, 15) is 50.1 Å². The quantitative estimate of drug-likeness (QED) is 0.143. The minimum atomic E-state index is -2.70. The summed E-state index contributed by atoms with van der Waals surface area (Å²) in [7, 11) is 0. The molecule has 2 aliphatic heterocycles. The Kier molecular flexibility index (Phi) is 8.86. The van der Waals surface area contributed by atoms with Crippen LogP contribution in [-0.2, 0) is 28.6 Å². The first-order chi connectivity index (χ1) is 15.0. The van der Waals surface area contributed by atoms with E-state index in [1.54, 1.807) is 0 Å². The van der Waals surface area contributed by atoms with E-state index < -0.39 is 92.3 Å². The van der Waals surface area contributed by atoms with Crippen molar-refractivity contribution in [2.24, 2.45) is 0 Å². The number of ether oxygens (including phenoxy) is 3. The zero-order valence-corrected chi connectivity index (χ0v) is 17.0. The molecule has 32 heavy (non-hydrogen) atoms. The van der Waals surface area contributed by atoms with Gasteiger partial charge in [-0.15, -0.1) is 0 Å². The molecule has 2 saturated heterocycles. The van der Waals surface area contributed by atoms with Crippen LogP contribution in [0.2, 0.25) is 0 Å². The molecule has 0 aliphatic carbocycles. The van der Waals surface area contributed by atoms with E-state index in [2.05, 4.69) is 10.6 Å². The molecule has 2 aliphatic rings. The standard InChI is InChI=1S/C17H28N2O13/c1-6(22)19-11-7(23)2-17(16(28)29,31-9-4-30-15(27)13(26)12(9)25)32-14(11)10(18-5-21)8(24)3-20/h5,7-15,20,23-27H,2-4H2,1H3,(H,18,21)(H,19,22)(H,28,29)/t7-,8+,9-,10-,11-,12+,13-,14-,15?,17-/m1/s1. The molecule has 0 aromatic rings. The van der Waals surface area contributed by atoms with Crippen molar-refractivity contribution in [2.75, 3.05) is 13.2 Å². The SMILES string of the molecule is CC(=O)N[C@H]1[C@@H]([C@H](NC=O)[C@@H](O)CO)O[C@@](O[C@@H]2COC(O)[C@H](O)[C@H]2O)(C(=O)O)C[C@H]1O. The molecule has 10 atom stereocenters. The number of carbonyl (C=O) groups excluding carboxylic acids is 2. The lowest BCUT2D eigenvalue weighted by Crippen LogP contribution is -2.71. The maximum Gasteiger partial charge on any atom is 0.364 e. The molecule has 0 aromatic carbocycles. The van der Waals surface area contributed by atoms with Crippen LogP contribution in [0.15, 0.2) is 0 Å². The predicted octanol–water partition coefficient (Wildman–Crippen LogP) is -5.65. The maximum absolute atomic E-state index is 12.2. The minimum Gasteiger partial charge on any atom is -0.477 e. The van der Waals surface area contributed by atoms with Gasteiger partial charge in [-0.3, -0.25) is 9.59 Å². The Morgan fingerprint density at radius 1 is 1.25 bits per heavy atom. The molecule has 0 radical (unpaired) electrons. The number of rotatable bonds is 9. The van der Waals surface area contributed by atoms with Gasteiger partial charge in [0.1, 0.15) is 24.4 Å². The third-order valence-corrected chi connectivity index (χ3v) is 5.28. The van der Waals surface area contributed by atoms with E-state index in [4.69, 9.17) is 14.2 Å². The van der Waals surface area contributed by atoms with Crippen molar-refractivity contribution in [1.82, 2.24) is 10.6 Å². The third kappa shape index (κ3) is 5.51. The van der Waals surface area contributed by atoms with Gasteiger partial charge in [-0.2, -0.15) is 0 Å². The van der Waals surface area contributed by atoms with Gasteiger partial charge >= 0.3 is 5.97 Å². The van der Waals surface area contributed by atoms with Gasteiger partial charge in [0.15, 0.2) is 6.29 Å². The second kappa shape index (κ2) is 10.8. The molecule has 9 N–H and O–H groups in total. The summed E-state index contributed by atoms with van der Waals surface area (Å²) < 4.78 is 15.8. The summed E-state index contributed by atoms with van der Waals surface area (Å²) in [5.41, 5.74) is 0. The highest BCUT2D eigenvalue weighted by atomic mass is 16.7. The summed E-state index contributed by atoms with van der Waals surface area (Å²) in [6, 6.07) is -2.85. The van der Waals surface area contributed by atoms with Crippen LogP contribution >= 0.6 is 0 Å². The van der Waals surface area contributed by atoms with Gasteiger partial charge < -0.3 is 60.6 Å². The lowest BCUT2D eigenvalue weighted by molar-refractivity contribution is -0.346. The molecule has 0 bridgehead atoms. The fourth-order valence-corrected chi connectivity index (χ4v) is 3.68. The maximum atomic E-state index is 12.2. The number of hydrogen-bond acceptors (Lipinski definition) is 12. The van der Waals surface area contributed by atoms with E-state index in [-0.39, 0.29) is 6.41 Å². The van der Waals surface area contributed by atoms with Crippen LogP contribution in [0, 0.1) is 0 Å². The molecule has 2 fully saturated rings. The first kappa shape index (κ1) is 26.3. The lowest BCUT2D eigenvalue weighted by atomic mass is 9.87. The molecule has 0 aromatic heterocycles. The van der Waals surface area contributed by atoms with Crippen LogP contribution in [-0.4, -0.2) is 128 Å². The van der Waals surface area contributed by atoms with Crippen molar-refractivity contribution in [3.05, 3.63) is 0 Å². The fraction of sp³-hybridized carbons (Fsp3) is 0.824. The second-order valence-corrected chi connectivity index (χ2v) is 7.56. The predicted molar refractivity (Wildman–Crippen MR) is 98.4 cm³/mol. The Morgan fingerprint density at radius 3 is 2.44 bits per heavy atom. The molecule has 2 rings (SSSR count). The van der Waals surface area contributed by atoms with Crippen molar-refractivity contribution >= 4 is 18.3 Å². The zero-order chi connectivity index (χ0) is 24.2. The number of carboxylic acid groups (broad SMARTS) is 1. The first-order valence-electron chi connectivity index (χ1n) is 9.66. The fourth-order valence-electron chi connectivity index (χ4n) is 3.68. The number of aliphatic hydroxyl groups is 6. The molecular weight excluding hydrogens is 440 g/mol. The monoisotopic (exact) mass is 468 g/mol. The third-order valence-electron chi connectivity index (χ3n) is 5.28. The van der Waals surface area contributed by atoms with E-state index in [1.165, 1.54) is 0 Å². The van der Waals surface area contributed by atoms with Gasteiger partial charge in [-0.25, -0.2) is 4.79 Å². The second-order valence-electron chi connectivity index (χ2n) is 7.56. The molecule has 1 unspecified atom stereocenters. The number of amides is 2. The molecule has 0 saturated carbocycles. The number of hydrogen-bond donors (Lipinski definition) is 9. The van der Waals surface area contributed by atoms with Gasteiger partial charge in [0.2, 0.25) is 12.3 Å². The highest BCUT2D eigenvalue weighted by Gasteiger charge is 2.58. The summed E-state index contributed by atoms with van der Waals surface area (Å²) in [5.74, 6) is -5.13. The Bertz CT molecular complexity index is 679. The molecule has 2 heterocycles. The zero-order valence-electron chi connectivity index (χ0n) is 17.0. The molecular formula is C17H28N2O13. The smallest absolute Gasteiger partial charge is 0.364 e. The lowest BCUT2D eigenvalue weighted by Gasteiger charge is -2.49. The van der Waals surface area contributed by atoms with Crippen LogP contribution in [0.25, 0.3) is 0 Å². The molecule has 2 amide bonds. The van der Waals surface area contributed by atoms with Crippen LogP contribution in [0.3, 0.4) is 0 Å². The van der Waals surface area contributed by atoms with Crippen LogP contribution < -0.4 is 10.6 Å². The van der Waals surface area contributed by atoms with Crippen molar-refractivity contribution in [3.8, 4) is 0 Å². The Morgan fingerprint density at radius 2 is 1.91 bits per heavy atom. The van der Waals surface area contributed by atoms with Crippen molar-refractivity contribution < 1.29 is 64.3 Å². The Balaban J connectivity index is 2.42. The Hall–Kier alpha value is -1.95. The summed E-state index contributed by atoms with van der Waals surface area (Å²) in [4.78, 5) is 34.8. The number of aliphatic hydroxyl groups excluding tert-OH is 6. The largest absolute Gasteiger partial charge is 0.477 e. The average Bonchev–Trinajstić information content (AvgIpc) is 2.73. The molecule has 0 spiro atoms. The molecule has 184 valence electrons. The van der Waals surface area contributed by atoms with Crippen LogP contribution in [0.4, 0.5) is 0 Å².